The van der Waals surface area contributed by atoms with Crippen LogP contribution in [0.2, 0.25) is 5.02 Å². The normalized spacial score (nSPS) is 17.0. The molecule has 1 aliphatic rings. The molecule has 3 rings (SSSR count). The van der Waals surface area contributed by atoms with Crippen LogP contribution >= 0.6 is 11.6 Å². The highest BCUT2D eigenvalue weighted by molar-refractivity contribution is 6.30. The number of carbonyl (C=O) groups excluding carboxylic acids is 2. The van der Waals surface area contributed by atoms with Crippen molar-refractivity contribution in [3.63, 3.8) is 0 Å². The summed E-state index contributed by atoms with van der Waals surface area (Å²) in [6.45, 7) is 3.02. The number of Topliss-reactive ketones (excluding diaryl/α,β-unsaturated/α-hetero) is 1. The van der Waals surface area contributed by atoms with Crippen LogP contribution in [0.4, 0.5) is 0 Å². The molecule has 1 atom stereocenters. The quantitative estimate of drug-likeness (QED) is 0.749. The van der Waals surface area contributed by atoms with E-state index >= 15 is 0 Å². The molecule has 1 saturated heterocycles. The first-order valence-corrected chi connectivity index (χ1v) is 9.11. The summed E-state index contributed by atoms with van der Waals surface area (Å²) < 4.78 is 5.13. The second kappa shape index (κ2) is 7.92. The van der Waals surface area contributed by atoms with Crippen molar-refractivity contribution in [2.24, 2.45) is 5.92 Å². The lowest BCUT2D eigenvalue weighted by molar-refractivity contribution is 0.0637. The number of methoxy groups -OCH3 is 1. The molecule has 0 radical (unpaired) electrons. The fourth-order valence-electron chi connectivity index (χ4n) is 3.42. The van der Waals surface area contributed by atoms with Gasteiger partial charge < -0.3 is 9.64 Å². The molecule has 4 nitrogen and oxygen atoms in total. The lowest BCUT2D eigenvalue weighted by Crippen LogP contribution is -2.42. The number of piperidine rings is 1. The van der Waals surface area contributed by atoms with Crippen LogP contribution in [0.1, 0.15) is 39.1 Å². The summed E-state index contributed by atoms with van der Waals surface area (Å²) in [4.78, 5) is 27.5. The van der Waals surface area contributed by atoms with Crippen molar-refractivity contribution >= 4 is 23.3 Å². The number of carbonyl (C=O) groups is 2. The number of rotatable bonds is 4. The van der Waals surface area contributed by atoms with Gasteiger partial charge in [0.15, 0.2) is 5.78 Å². The molecule has 1 amide bonds. The number of aryl methyl sites for hydroxylation is 1. The zero-order chi connectivity index (χ0) is 18.7. The van der Waals surface area contributed by atoms with Crippen molar-refractivity contribution in [3.8, 4) is 5.75 Å². The van der Waals surface area contributed by atoms with Crippen LogP contribution < -0.4 is 4.74 Å². The molecule has 136 valence electrons. The third kappa shape index (κ3) is 3.91. The maximum atomic E-state index is 12.9. The van der Waals surface area contributed by atoms with Crippen LogP contribution in [0.5, 0.6) is 5.75 Å². The van der Waals surface area contributed by atoms with Gasteiger partial charge in [-0.1, -0.05) is 11.6 Å². The smallest absolute Gasteiger partial charge is 0.253 e. The van der Waals surface area contributed by atoms with E-state index in [4.69, 9.17) is 16.3 Å². The highest BCUT2D eigenvalue weighted by Crippen LogP contribution is 2.25. The highest BCUT2D eigenvalue weighted by atomic mass is 35.5. The van der Waals surface area contributed by atoms with Gasteiger partial charge >= 0.3 is 0 Å². The number of benzene rings is 2. The topological polar surface area (TPSA) is 46.6 Å². The Morgan fingerprint density at radius 1 is 1.15 bits per heavy atom. The first kappa shape index (κ1) is 18.5. The Morgan fingerprint density at radius 2 is 1.88 bits per heavy atom. The maximum absolute atomic E-state index is 12.9. The molecule has 2 aromatic carbocycles. The second-order valence-corrected chi connectivity index (χ2v) is 7.08. The lowest BCUT2D eigenvalue weighted by atomic mass is 9.88. The number of hydrogen-bond donors (Lipinski definition) is 0. The van der Waals surface area contributed by atoms with Crippen molar-refractivity contribution < 1.29 is 14.3 Å². The van der Waals surface area contributed by atoms with E-state index in [0.717, 1.165) is 18.4 Å². The SMILES string of the molecule is COc1ccc(C(=O)N2CCCC(C(=O)c3ccc(Cl)cc3C)C2)cc1. The van der Waals surface area contributed by atoms with E-state index in [1.165, 1.54) is 0 Å². The molecular formula is C21H22ClNO3. The van der Waals surface area contributed by atoms with Crippen molar-refractivity contribution in [2.45, 2.75) is 19.8 Å². The van der Waals surface area contributed by atoms with Crippen molar-refractivity contribution in [1.29, 1.82) is 0 Å². The van der Waals surface area contributed by atoms with E-state index in [2.05, 4.69) is 0 Å². The van der Waals surface area contributed by atoms with E-state index in [-0.39, 0.29) is 17.6 Å². The van der Waals surface area contributed by atoms with Gasteiger partial charge in [0.25, 0.3) is 5.91 Å². The van der Waals surface area contributed by atoms with Crippen molar-refractivity contribution in [2.75, 3.05) is 20.2 Å². The average Bonchev–Trinajstić information content (AvgIpc) is 2.67. The summed E-state index contributed by atoms with van der Waals surface area (Å²) in [5, 5.41) is 0.624. The second-order valence-electron chi connectivity index (χ2n) is 6.64. The molecule has 0 saturated carbocycles. The van der Waals surface area contributed by atoms with Crippen LogP contribution in [0.25, 0.3) is 0 Å². The minimum Gasteiger partial charge on any atom is -0.497 e. The summed E-state index contributed by atoms with van der Waals surface area (Å²) in [5.41, 5.74) is 2.18. The predicted octanol–water partition coefficient (Wildman–Crippen LogP) is 4.39. The fraction of sp³-hybridized carbons (Fsp3) is 0.333. The highest BCUT2D eigenvalue weighted by Gasteiger charge is 2.30. The molecule has 0 N–H and O–H groups in total. The molecule has 0 spiro atoms. The van der Waals surface area contributed by atoms with E-state index in [1.54, 1.807) is 54.5 Å². The largest absolute Gasteiger partial charge is 0.497 e. The van der Waals surface area contributed by atoms with Gasteiger partial charge in [0.05, 0.1) is 7.11 Å². The number of nitrogens with zero attached hydrogens (tertiary/aromatic N) is 1. The number of halogens is 1. The fourth-order valence-corrected chi connectivity index (χ4v) is 3.64. The van der Waals surface area contributed by atoms with Gasteiger partial charge in [0.2, 0.25) is 0 Å². The number of hydrogen-bond acceptors (Lipinski definition) is 3. The minimum atomic E-state index is -0.175. The van der Waals surface area contributed by atoms with E-state index in [0.29, 0.717) is 35.0 Å². The van der Waals surface area contributed by atoms with Crippen LogP contribution in [0.15, 0.2) is 42.5 Å². The Balaban J connectivity index is 1.73. The molecule has 1 unspecified atom stereocenters. The average molecular weight is 372 g/mol. The molecule has 2 aromatic rings. The Labute approximate surface area is 158 Å². The summed E-state index contributed by atoms with van der Waals surface area (Å²) in [7, 11) is 1.59. The van der Waals surface area contributed by atoms with Crippen LogP contribution in [0.3, 0.4) is 0 Å². The monoisotopic (exact) mass is 371 g/mol. The van der Waals surface area contributed by atoms with E-state index in [9.17, 15) is 9.59 Å². The third-order valence-corrected chi connectivity index (χ3v) is 5.11. The number of amides is 1. The molecular weight excluding hydrogens is 350 g/mol. The van der Waals surface area contributed by atoms with Gasteiger partial charge in [-0.2, -0.15) is 0 Å². The molecule has 0 bridgehead atoms. The summed E-state index contributed by atoms with van der Waals surface area (Å²) in [6, 6.07) is 12.4. The first-order chi connectivity index (χ1) is 12.5. The van der Waals surface area contributed by atoms with Crippen molar-refractivity contribution in [1.82, 2.24) is 4.90 Å². The Hall–Kier alpha value is -2.33. The molecule has 1 heterocycles. The predicted molar refractivity (Wildman–Crippen MR) is 102 cm³/mol. The standard InChI is InChI=1S/C21H22ClNO3/c1-14-12-17(22)7-10-19(14)20(24)16-4-3-11-23(13-16)21(25)15-5-8-18(26-2)9-6-15/h5-10,12,16H,3-4,11,13H2,1-2H3. The van der Waals surface area contributed by atoms with Gasteiger partial charge in [0.1, 0.15) is 5.75 Å². The van der Waals surface area contributed by atoms with Gasteiger partial charge in [-0.15, -0.1) is 0 Å². The number of ether oxygens (including phenoxy) is 1. The first-order valence-electron chi connectivity index (χ1n) is 8.73. The zero-order valence-corrected chi connectivity index (χ0v) is 15.8. The number of ketones is 1. The molecule has 1 fully saturated rings. The van der Waals surface area contributed by atoms with Crippen LogP contribution in [-0.4, -0.2) is 36.8 Å². The van der Waals surface area contributed by atoms with E-state index < -0.39 is 0 Å². The maximum Gasteiger partial charge on any atom is 0.253 e. The third-order valence-electron chi connectivity index (χ3n) is 4.87. The van der Waals surface area contributed by atoms with Gasteiger partial charge in [0, 0.05) is 35.2 Å². The molecule has 5 heteroatoms. The van der Waals surface area contributed by atoms with Crippen LogP contribution in [0, 0.1) is 12.8 Å². The van der Waals surface area contributed by atoms with Gasteiger partial charge in [-0.25, -0.2) is 0 Å². The van der Waals surface area contributed by atoms with Crippen LogP contribution in [-0.2, 0) is 0 Å². The molecule has 0 aromatic heterocycles. The molecule has 26 heavy (non-hydrogen) atoms. The Morgan fingerprint density at radius 3 is 2.54 bits per heavy atom. The Bertz CT molecular complexity index is 817. The molecule has 1 aliphatic heterocycles. The van der Waals surface area contributed by atoms with Crippen molar-refractivity contribution in [3.05, 3.63) is 64.2 Å². The minimum absolute atomic E-state index is 0.0435. The van der Waals surface area contributed by atoms with Gasteiger partial charge in [-0.3, -0.25) is 9.59 Å². The summed E-state index contributed by atoms with van der Waals surface area (Å²) >= 11 is 5.99. The molecule has 0 aliphatic carbocycles. The summed E-state index contributed by atoms with van der Waals surface area (Å²) in [5.74, 6) is 0.585. The summed E-state index contributed by atoms with van der Waals surface area (Å²) in [6.07, 6.45) is 1.62. The van der Waals surface area contributed by atoms with Gasteiger partial charge in [-0.05, 0) is 67.8 Å². The Kier molecular flexibility index (Phi) is 5.62. The zero-order valence-electron chi connectivity index (χ0n) is 15.0. The van der Waals surface area contributed by atoms with E-state index in [1.807, 2.05) is 6.92 Å². The lowest BCUT2D eigenvalue weighted by Gasteiger charge is -2.32. The number of likely N-dealkylation sites (tertiary alicyclic amines) is 1.